The molecule has 1 amide bonds. The van der Waals surface area contributed by atoms with Crippen molar-refractivity contribution in [3.63, 3.8) is 0 Å². The van der Waals surface area contributed by atoms with Gasteiger partial charge in [0.25, 0.3) is 5.56 Å². The number of amides is 1. The summed E-state index contributed by atoms with van der Waals surface area (Å²) in [7, 11) is 0. The molecule has 0 saturated carbocycles. The van der Waals surface area contributed by atoms with Crippen LogP contribution in [-0.2, 0) is 11.3 Å². The second kappa shape index (κ2) is 11.2. The number of carbonyl (C=O) groups excluding carboxylic acids is 1. The number of rotatable bonds is 10. The molecular weight excluding hydrogens is 452 g/mol. The lowest BCUT2D eigenvalue weighted by Gasteiger charge is -2.25. The van der Waals surface area contributed by atoms with E-state index in [0.29, 0.717) is 18.9 Å². The highest BCUT2D eigenvalue weighted by Gasteiger charge is 2.25. The molecule has 1 aromatic carbocycles. The number of aromatic nitrogens is 4. The number of nitrogens with two attached hydrogens (primary N) is 1. The molecule has 0 radical (unpaired) electrons. The van der Waals surface area contributed by atoms with Crippen LogP contribution in [0, 0.1) is 5.92 Å². The van der Waals surface area contributed by atoms with Gasteiger partial charge < -0.3 is 15.2 Å². The number of nitrogens with zero attached hydrogens (tertiary/aromatic N) is 4. The molecule has 2 heterocycles. The Balaban J connectivity index is 1.95. The van der Waals surface area contributed by atoms with Crippen molar-refractivity contribution in [3.05, 3.63) is 69.1 Å². The van der Waals surface area contributed by atoms with Crippen LogP contribution in [0.25, 0.3) is 0 Å². The van der Waals surface area contributed by atoms with Crippen LogP contribution in [0.1, 0.15) is 45.7 Å². The number of aromatic amines is 1. The average molecular weight is 485 g/mol. The Morgan fingerprint density at radius 1 is 1.18 bits per heavy atom. The summed E-state index contributed by atoms with van der Waals surface area (Å²) in [6, 6.07) is 9.54. The van der Waals surface area contributed by atoms with Crippen LogP contribution in [0.2, 0.25) is 0 Å². The molecule has 0 aliphatic carbocycles. The molecule has 3 N–H and O–H groups in total. The van der Waals surface area contributed by atoms with E-state index in [9.17, 15) is 14.4 Å². The molecular formula is C24H32N6O3S. The molecule has 0 aliphatic heterocycles. The minimum atomic E-state index is -0.669. The van der Waals surface area contributed by atoms with Crippen LogP contribution in [0.5, 0.6) is 0 Å². The number of nitrogen functional groups attached to an aromatic ring is 1. The van der Waals surface area contributed by atoms with Crippen molar-refractivity contribution in [2.75, 3.05) is 22.9 Å². The first-order valence-corrected chi connectivity index (χ1v) is 12.3. The molecule has 3 aromatic rings. The highest BCUT2D eigenvalue weighted by Crippen LogP contribution is 2.24. The fourth-order valence-corrected chi connectivity index (χ4v) is 4.48. The number of carbonyl (C=O) groups is 1. The summed E-state index contributed by atoms with van der Waals surface area (Å²) in [4.78, 5) is 46.9. The SMILES string of the molecule is CC(C)CCN(C(=O)CSc1nccn1C(C)C)c1c(N)n(Cc2ccccc2)c(=O)[nH]c1=O. The van der Waals surface area contributed by atoms with Gasteiger partial charge in [-0.05, 0) is 31.7 Å². The van der Waals surface area contributed by atoms with Crippen molar-refractivity contribution >= 4 is 29.2 Å². The quantitative estimate of drug-likeness (QED) is 0.427. The number of thioether (sulfide) groups is 1. The van der Waals surface area contributed by atoms with E-state index in [-0.39, 0.29) is 35.8 Å². The molecule has 0 fully saturated rings. The van der Waals surface area contributed by atoms with Crippen molar-refractivity contribution in [1.29, 1.82) is 0 Å². The normalized spacial score (nSPS) is 11.4. The van der Waals surface area contributed by atoms with E-state index in [0.717, 1.165) is 10.7 Å². The summed E-state index contributed by atoms with van der Waals surface area (Å²) in [5.74, 6) is 0.0891. The molecule has 0 atom stereocenters. The number of benzene rings is 1. The molecule has 10 heteroatoms. The third-order valence-electron chi connectivity index (χ3n) is 5.41. The zero-order valence-corrected chi connectivity index (χ0v) is 20.8. The molecule has 0 bridgehead atoms. The number of anilines is 2. The van der Waals surface area contributed by atoms with Crippen LogP contribution >= 0.6 is 11.8 Å². The first-order chi connectivity index (χ1) is 16.2. The Hall–Kier alpha value is -3.27. The van der Waals surface area contributed by atoms with Gasteiger partial charge in [-0.15, -0.1) is 0 Å². The third kappa shape index (κ3) is 5.99. The van der Waals surface area contributed by atoms with Crippen molar-refractivity contribution < 1.29 is 4.79 Å². The van der Waals surface area contributed by atoms with Gasteiger partial charge in [0, 0.05) is 25.0 Å². The standard InChI is InChI=1S/C24H32N6O3S/c1-16(2)10-12-29(19(31)15-34-24-26-11-13-28(24)17(3)4)20-21(25)30(23(33)27-22(20)32)14-18-8-6-5-7-9-18/h5-9,11,13,16-17H,10,12,14-15,25H2,1-4H3,(H,27,32,33). The summed E-state index contributed by atoms with van der Waals surface area (Å²) < 4.78 is 3.28. The molecule has 3 rings (SSSR count). The zero-order valence-electron chi connectivity index (χ0n) is 20.0. The van der Waals surface area contributed by atoms with E-state index in [1.165, 1.54) is 21.2 Å². The smallest absolute Gasteiger partial charge is 0.330 e. The number of imidazole rings is 1. The maximum atomic E-state index is 13.4. The van der Waals surface area contributed by atoms with Crippen LogP contribution in [0.3, 0.4) is 0 Å². The van der Waals surface area contributed by atoms with E-state index in [1.54, 1.807) is 6.20 Å². The summed E-state index contributed by atoms with van der Waals surface area (Å²) in [5, 5.41) is 0.725. The van der Waals surface area contributed by atoms with Gasteiger partial charge in [-0.2, -0.15) is 0 Å². The van der Waals surface area contributed by atoms with Gasteiger partial charge in [-0.25, -0.2) is 9.78 Å². The summed E-state index contributed by atoms with van der Waals surface area (Å²) in [5.41, 5.74) is 5.94. The molecule has 0 spiro atoms. The minimum Gasteiger partial charge on any atom is -0.383 e. The van der Waals surface area contributed by atoms with Gasteiger partial charge in [0.2, 0.25) is 5.91 Å². The van der Waals surface area contributed by atoms with Crippen LogP contribution < -0.4 is 21.9 Å². The Kier molecular flexibility index (Phi) is 8.38. The maximum Gasteiger partial charge on any atom is 0.330 e. The van der Waals surface area contributed by atoms with Crippen molar-refractivity contribution in [3.8, 4) is 0 Å². The largest absolute Gasteiger partial charge is 0.383 e. The predicted octanol–water partition coefficient (Wildman–Crippen LogP) is 3.12. The van der Waals surface area contributed by atoms with E-state index in [1.807, 2.05) is 68.8 Å². The molecule has 0 saturated heterocycles. The second-order valence-corrected chi connectivity index (χ2v) is 9.73. The Morgan fingerprint density at radius 2 is 1.88 bits per heavy atom. The number of hydrogen-bond donors (Lipinski definition) is 2. The lowest BCUT2D eigenvalue weighted by molar-refractivity contribution is -0.116. The molecule has 0 unspecified atom stereocenters. The highest BCUT2D eigenvalue weighted by molar-refractivity contribution is 7.99. The summed E-state index contributed by atoms with van der Waals surface area (Å²) in [6.07, 6.45) is 4.25. The zero-order chi connectivity index (χ0) is 24.8. The lowest BCUT2D eigenvalue weighted by Crippen LogP contribution is -2.42. The highest BCUT2D eigenvalue weighted by atomic mass is 32.2. The first-order valence-electron chi connectivity index (χ1n) is 11.3. The molecule has 34 heavy (non-hydrogen) atoms. The molecule has 9 nitrogen and oxygen atoms in total. The van der Waals surface area contributed by atoms with Crippen LogP contribution in [0.15, 0.2) is 57.5 Å². The van der Waals surface area contributed by atoms with Crippen molar-refractivity contribution in [2.24, 2.45) is 5.92 Å². The van der Waals surface area contributed by atoms with Gasteiger partial charge in [0.05, 0.1) is 12.3 Å². The fraction of sp³-hybridized carbons (Fsp3) is 0.417. The Morgan fingerprint density at radius 3 is 2.53 bits per heavy atom. The van der Waals surface area contributed by atoms with E-state index in [2.05, 4.69) is 9.97 Å². The number of nitrogens with one attached hydrogen (secondary N) is 1. The van der Waals surface area contributed by atoms with Gasteiger partial charge in [0.15, 0.2) is 10.8 Å². The van der Waals surface area contributed by atoms with Crippen molar-refractivity contribution in [1.82, 2.24) is 19.1 Å². The number of H-pyrrole nitrogens is 1. The van der Waals surface area contributed by atoms with Crippen molar-refractivity contribution in [2.45, 2.75) is 51.9 Å². The molecule has 2 aromatic heterocycles. The average Bonchev–Trinajstić information content (AvgIpc) is 3.26. The van der Waals surface area contributed by atoms with Gasteiger partial charge in [-0.1, -0.05) is 55.9 Å². The topological polar surface area (TPSA) is 119 Å². The molecule has 0 aliphatic rings. The van der Waals surface area contributed by atoms with Gasteiger partial charge in [-0.3, -0.25) is 19.1 Å². The van der Waals surface area contributed by atoms with Gasteiger partial charge in [0.1, 0.15) is 5.82 Å². The van der Waals surface area contributed by atoms with Crippen LogP contribution in [-0.4, -0.2) is 37.3 Å². The number of hydrogen-bond acceptors (Lipinski definition) is 6. The second-order valence-electron chi connectivity index (χ2n) is 8.79. The van der Waals surface area contributed by atoms with Gasteiger partial charge >= 0.3 is 5.69 Å². The van der Waals surface area contributed by atoms with Crippen LogP contribution in [0.4, 0.5) is 11.5 Å². The minimum absolute atomic E-state index is 0.00832. The summed E-state index contributed by atoms with van der Waals surface area (Å²) in [6.45, 7) is 8.66. The lowest BCUT2D eigenvalue weighted by atomic mass is 10.1. The van der Waals surface area contributed by atoms with E-state index < -0.39 is 11.2 Å². The Bertz CT molecular complexity index is 1230. The summed E-state index contributed by atoms with van der Waals surface area (Å²) >= 11 is 1.31. The Labute approximate surface area is 203 Å². The third-order valence-corrected chi connectivity index (χ3v) is 6.38. The monoisotopic (exact) mass is 484 g/mol. The van der Waals surface area contributed by atoms with E-state index in [4.69, 9.17) is 5.73 Å². The first kappa shape index (κ1) is 25.4. The molecule has 182 valence electrons. The fourth-order valence-electron chi connectivity index (χ4n) is 3.52. The van der Waals surface area contributed by atoms with E-state index >= 15 is 0 Å². The maximum absolute atomic E-state index is 13.4. The predicted molar refractivity (Wildman–Crippen MR) is 136 cm³/mol.